The summed E-state index contributed by atoms with van der Waals surface area (Å²) in [5.74, 6) is -0.272. The molecule has 0 radical (unpaired) electrons. The monoisotopic (exact) mass is 361 g/mol. The molecule has 0 unspecified atom stereocenters. The molecule has 0 amide bonds. The molecule has 0 atom stereocenters. The fourth-order valence-corrected chi connectivity index (χ4v) is 2.92. The van der Waals surface area contributed by atoms with Crippen LogP contribution in [-0.2, 0) is 0 Å². The van der Waals surface area contributed by atoms with Gasteiger partial charge in [-0.2, -0.15) is 0 Å². The van der Waals surface area contributed by atoms with Crippen LogP contribution in [0.15, 0.2) is 48.9 Å². The molecule has 136 valence electrons. The van der Waals surface area contributed by atoms with Gasteiger partial charge in [0.05, 0.1) is 16.6 Å². The predicted octanol–water partition coefficient (Wildman–Crippen LogP) is 3.49. The van der Waals surface area contributed by atoms with E-state index in [1.807, 2.05) is 40.9 Å². The Balaban J connectivity index is 1.97. The zero-order valence-electron chi connectivity index (χ0n) is 15.3. The van der Waals surface area contributed by atoms with Crippen molar-refractivity contribution in [2.75, 3.05) is 11.9 Å². The van der Waals surface area contributed by atoms with E-state index in [9.17, 15) is 9.90 Å². The summed E-state index contributed by atoms with van der Waals surface area (Å²) >= 11 is 0. The van der Waals surface area contributed by atoms with Gasteiger partial charge in [-0.25, -0.2) is 19.7 Å². The molecule has 4 rings (SSSR count). The zero-order chi connectivity index (χ0) is 19.1. The number of aromatic nitrogens is 4. The van der Waals surface area contributed by atoms with Crippen LogP contribution in [0.1, 0.15) is 24.2 Å². The maximum Gasteiger partial charge on any atom is 0.335 e. The highest BCUT2D eigenvalue weighted by molar-refractivity contribution is 5.93. The Morgan fingerprint density at radius 3 is 2.70 bits per heavy atom. The van der Waals surface area contributed by atoms with Gasteiger partial charge in [-0.1, -0.05) is 0 Å². The van der Waals surface area contributed by atoms with E-state index in [4.69, 9.17) is 9.97 Å². The third-order valence-corrected chi connectivity index (χ3v) is 4.66. The number of carbonyl (C=O) groups is 1. The summed E-state index contributed by atoms with van der Waals surface area (Å²) in [6.07, 6.45) is 5.61. The first kappa shape index (κ1) is 17.0. The standard InChI is InChI=1S/C20H19N5O2/c1-12(2)24(3)19-18(14-5-7-17-21-8-9-25(17)11-14)22-15-6-4-13(20(26)27)10-16(15)23-19/h4-12H,1-3H3,(H,26,27). The Labute approximate surface area is 155 Å². The number of pyridine rings is 1. The quantitative estimate of drug-likeness (QED) is 0.599. The number of rotatable bonds is 4. The molecule has 0 aliphatic heterocycles. The highest BCUT2D eigenvalue weighted by atomic mass is 16.4. The molecule has 1 N–H and O–H groups in total. The van der Waals surface area contributed by atoms with Gasteiger partial charge in [-0.3, -0.25) is 0 Å². The second kappa shape index (κ2) is 6.35. The van der Waals surface area contributed by atoms with Crippen molar-refractivity contribution in [3.05, 3.63) is 54.5 Å². The van der Waals surface area contributed by atoms with Crippen molar-refractivity contribution in [1.29, 1.82) is 0 Å². The third-order valence-electron chi connectivity index (χ3n) is 4.66. The number of carboxylic acids is 1. The Morgan fingerprint density at radius 1 is 1.15 bits per heavy atom. The molecule has 0 saturated carbocycles. The third kappa shape index (κ3) is 2.97. The van der Waals surface area contributed by atoms with E-state index in [1.54, 1.807) is 24.4 Å². The van der Waals surface area contributed by atoms with E-state index in [2.05, 4.69) is 18.8 Å². The molecule has 0 bridgehead atoms. The molecule has 7 nitrogen and oxygen atoms in total. The summed E-state index contributed by atoms with van der Waals surface area (Å²) in [6.45, 7) is 4.14. The lowest BCUT2D eigenvalue weighted by Crippen LogP contribution is -2.27. The van der Waals surface area contributed by atoms with Crippen molar-refractivity contribution in [3.63, 3.8) is 0 Å². The smallest absolute Gasteiger partial charge is 0.335 e. The fourth-order valence-electron chi connectivity index (χ4n) is 2.92. The fraction of sp³-hybridized carbons (Fsp3) is 0.200. The van der Waals surface area contributed by atoms with Crippen molar-refractivity contribution >= 4 is 28.5 Å². The maximum atomic E-state index is 11.3. The van der Waals surface area contributed by atoms with E-state index >= 15 is 0 Å². The molecule has 0 fully saturated rings. The number of imidazole rings is 1. The van der Waals surface area contributed by atoms with Gasteiger partial charge in [0, 0.05) is 37.2 Å². The van der Waals surface area contributed by atoms with E-state index in [0.717, 1.165) is 16.9 Å². The Kier molecular flexibility index (Phi) is 3.99. The van der Waals surface area contributed by atoms with Gasteiger partial charge in [0.2, 0.25) is 0 Å². The molecular weight excluding hydrogens is 342 g/mol. The minimum Gasteiger partial charge on any atom is -0.478 e. The van der Waals surface area contributed by atoms with Crippen molar-refractivity contribution < 1.29 is 9.90 Å². The molecule has 3 aromatic heterocycles. The van der Waals surface area contributed by atoms with Gasteiger partial charge in [0.25, 0.3) is 0 Å². The van der Waals surface area contributed by atoms with E-state index in [1.165, 1.54) is 0 Å². The number of carboxylic acid groups (broad SMARTS) is 1. The summed E-state index contributed by atoms with van der Waals surface area (Å²) < 4.78 is 1.94. The molecule has 7 heteroatoms. The number of hydrogen-bond acceptors (Lipinski definition) is 5. The van der Waals surface area contributed by atoms with Crippen LogP contribution in [-0.4, -0.2) is 43.5 Å². The average Bonchev–Trinajstić information content (AvgIpc) is 3.13. The summed E-state index contributed by atoms with van der Waals surface area (Å²) in [7, 11) is 1.96. The van der Waals surface area contributed by atoms with E-state index < -0.39 is 5.97 Å². The lowest BCUT2D eigenvalue weighted by atomic mass is 10.1. The lowest BCUT2D eigenvalue weighted by molar-refractivity contribution is 0.0697. The first-order valence-electron chi connectivity index (χ1n) is 8.65. The van der Waals surface area contributed by atoms with Crippen molar-refractivity contribution in [2.45, 2.75) is 19.9 Å². The molecule has 4 aromatic rings. The first-order chi connectivity index (χ1) is 12.9. The molecular formula is C20H19N5O2. The average molecular weight is 361 g/mol. The van der Waals surface area contributed by atoms with Gasteiger partial charge < -0.3 is 14.4 Å². The number of anilines is 1. The van der Waals surface area contributed by atoms with Gasteiger partial charge in [0.15, 0.2) is 5.82 Å². The maximum absolute atomic E-state index is 11.3. The van der Waals surface area contributed by atoms with Gasteiger partial charge in [-0.15, -0.1) is 0 Å². The number of aromatic carboxylic acids is 1. The van der Waals surface area contributed by atoms with Crippen LogP contribution in [0, 0.1) is 0 Å². The van der Waals surface area contributed by atoms with Crippen LogP contribution in [0.5, 0.6) is 0 Å². The number of nitrogens with zero attached hydrogens (tertiary/aromatic N) is 5. The molecule has 1 aromatic carbocycles. The molecule has 0 saturated heterocycles. The predicted molar refractivity (Wildman–Crippen MR) is 104 cm³/mol. The summed E-state index contributed by atoms with van der Waals surface area (Å²) in [5, 5.41) is 9.26. The Bertz CT molecular complexity index is 1170. The summed E-state index contributed by atoms with van der Waals surface area (Å²) in [5.41, 5.74) is 3.93. The van der Waals surface area contributed by atoms with Gasteiger partial charge in [0.1, 0.15) is 11.3 Å². The van der Waals surface area contributed by atoms with Crippen LogP contribution >= 0.6 is 0 Å². The van der Waals surface area contributed by atoms with Crippen molar-refractivity contribution in [1.82, 2.24) is 19.4 Å². The second-order valence-corrected chi connectivity index (χ2v) is 6.72. The van der Waals surface area contributed by atoms with Crippen molar-refractivity contribution in [3.8, 4) is 11.3 Å². The van der Waals surface area contributed by atoms with Gasteiger partial charge in [-0.05, 0) is 44.2 Å². The minimum absolute atomic E-state index is 0.197. The Morgan fingerprint density at radius 2 is 1.96 bits per heavy atom. The van der Waals surface area contributed by atoms with Gasteiger partial charge >= 0.3 is 5.97 Å². The second-order valence-electron chi connectivity index (χ2n) is 6.72. The molecule has 0 aliphatic rings. The topological polar surface area (TPSA) is 83.6 Å². The molecule has 27 heavy (non-hydrogen) atoms. The highest BCUT2D eigenvalue weighted by Gasteiger charge is 2.18. The highest BCUT2D eigenvalue weighted by Crippen LogP contribution is 2.30. The van der Waals surface area contributed by atoms with Crippen molar-refractivity contribution in [2.24, 2.45) is 0 Å². The van der Waals surface area contributed by atoms with E-state index in [0.29, 0.717) is 16.9 Å². The zero-order valence-corrected chi connectivity index (χ0v) is 15.3. The van der Waals surface area contributed by atoms with Crippen LogP contribution in [0.25, 0.3) is 27.9 Å². The SMILES string of the molecule is CC(C)N(C)c1nc2cc(C(=O)O)ccc2nc1-c1ccc2nccn2c1. The van der Waals surface area contributed by atoms with E-state index in [-0.39, 0.29) is 11.6 Å². The van der Waals surface area contributed by atoms with Crippen LogP contribution in [0.4, 0.5) is 5.82 Å². The number of benzene rings is 1. The largest absolute Gasteiger partial charge is 0.478 e. The number of fused-ring (bicyclic) bond motifs is 2. The molecule has 3 heterocycles. The van der Waals surface area contributed by atoms with Crippen LogP contribution in [0.3, 0.4) is 0 Å². The molecule has 0 aliphatic carbocycles. The normalized spacial score (nSPS) is 11.4. The summed E-state index contributed by atoms with van der Waals surface area (Å²) in [4.78, 5) is 27.2. The van der Waals surface area contributed by atoms with Crippen LogP contribution in [0.2, 0.25) is 0 Å². The number of hydrogen-bond donors (Lipinski definition) is 1. The minimum atomic E-state index is -0.980. The Hall–Kier alpha value is -3.48. The molecule has 0 spiro atoms. The lowest BCUT2D eigenvalue weighted by Gasteiger charge is -2.25. The first-order valence-corrected chi connectivity index (χ1v) is 8.65. The summed E-state index contributed by atoms with van der Waals surface area (Å²) in [6, 6.07) is 8.92. The van der Waals surface area contributed by atoms with Crippen LogP contribution < -0.4 is 4.90 Å².